The fraction of sp³-hybridized carbons (Fsp3) is 0.446. The first kappa shape index (κ1) is 59.8. The van der Waals surface area contributed by atoms with Crippen LogP contribution in [0.5, 0.6) is 17.4 Å². The van der Waals surface area contributed by atoms with Gasteiger partial charge in [-0.05, 0) is 93.9 Å². The summed E-state index contributed by atoms with van der Waals surface area (Å²) in [6.45, 7) is 12.3. The third kappa shape index (κ3) is 12.1. The van der Waals surface area contributed by atoms with Crippen molar-refractivity contribution in [2.24, 2.45) is 11.8 Å². The number of β-amino-alcohol motifs (C(OH)–C–C–N with tert-alkyl or cyclic N) is 1. The molecule has 4 amide bonds. The summed E-state index contributed by atoms with van der Waals surface area (Å²) < 4.78 is 49.1. The smallest absolute Gasteiger partial charge is 0.320 e. The number of aromatic nitrogens is 7. The van der Waals surface area contributed by atoms with Gasteiger partial charge in [0.2, 0.25) is 17.7 Å². The molecule has 3 aliphatic heterocycles. The first-order valence-electron chi connectivity index (χ1n) is 30.1. The molecule has 4 N–H and O–H groups in total. The molecule has 0 bridgehead atoms. The number of carbonyl (C=O) groups excluding carboxylic acids is 3. The molecule has 1 aliphatic carbocycles. The van der Waals surface area contributed by atoms with E-state index in [1.807, 2.05) is 88.0 Å². The lowest BCUT2D eigenvalue weighted by molar-refractivity contribution is -0.142. The predicted octanol–water partition coefficient (Wildman–Crippen LogP) is 8.00. The van der Waals surface area contributed by atoms with E-state index in [2.05, 4.69) is 41.8 Å². The Morgan fingerprint density at radius 2 is 1.66 bits per heavy atom. The Labute approximate surface area is 508 Å². The first-order valence-corrected chi connectivity index (χ1v) is 30.1. The number of H-pyrrole nitrogens is 1. The van der Waals surface area contributed by atoms with E-state index < -0.39 is 48.5 Å². The van der Waals surface area contributed by atoms with Crippen LogP contribution in [0.15, 0.2) is 89.9 Å². The highest BCUT2D eigenvalue weighted by molar-refractivity contribution is 6.05. The molecule has 4 aromatic carbocycles. The van der Waals surface area contributed by atoms with Crippen LogP contribution < -0.4 is 19.5 Å². The summed E-state index contributed by atoms with van der Waals surface area (Å²) >= 11 is 0. The average Bonchev–Trinajstić information content (AvgIpc) is 1.24. The molecule has 7 heterocycles. The summed E-state index contributed by atoms with van der Waals surface area (Å²) in [7, 11) is 5.70. The maximum Gasteiger partial charge on any atom is 0.320 e. The highest BCUT2D eigenvalue weighted by Crippen LogP contribution is 2.54. The van der Waals surface area contributed by atoms with Crippen molar-refractivity contribution < 1.29 is 52.4 Å². The quantitative estimate of drug-likeness (QED) is 0.0501. The second-order valence-electron chi connectivity index (χ2n) is 24.6. The number of methoxy groups -OCH3 is 1. The van der Waals surface area contributed by atoms with Crippen molar-refractivity contribution in [1.82, 2.24) is 60.1 Å². The van der Waals surface area contributed by atoms with Gasteiger partial charge in [-0.1, -0.05) is 67.6 Å². The van der Waals surface area contributed by atoms with Crippen molar-refractivity contribution in [1.29, 1.82) is 0 Å². The van der Waals surface area contributed by atoms with Gasteiger partial charge in [0.25, 0.3) is 0 Å². The van der Waals surface area contributed by atoms with Crippen LogP contribution in [0.2, 0.25) is 0 Å². The summed E-state index contributed by atoms with van der Waals surface area (Å²) in [6.07, 6.45) is 5.12. The Morgan fingerprint density at radius 1 is 0.920 bits per heavy atom. The van der Waals surface area contributed by atoms with E-state index in [0.29, 0.717) is 86.2 Å². The summed E-state index contributed by atoms with van der Waals surface area (Å²) in [5, 5.41) is 42.0. The SMILES string of the molecule is CO[C@@H](C)COc1cc(OC2CN(C(=O)N3CC(CN(C)C)C3)C2)c2cc(C3CC3)c(-c3c(C)c(F)cc4[nH]ncc34)c(OCc3ccc(-c4cn([C@H](C(=O)N5C[C@H](O)C[C@H]5C(=O)N[C@@H](CO)c5ccc(-c6ocnc6C)cc5)C(C)C)nn4)cc3)c2n1. The number of likely N-dealkylation sites (tertiary alicyclic amines) is 3. The van der Waals surface area contributed by atoms with E-state index in [1.165, 1.54) is 22.0 Å². The van der Waals surface area contributed by atoms with E-state index in [-0.39, 0.29) is 62.1 Å². The van der Waals surface area contributed by atoms with E-state index in [1.54, 1.807) is 44.6 Å². The second kappa shape index (κ2) is 24.9. The number of aliphatic hydroxyl groups is 2. The number of nitrogens with one attached hydrogen (secondary N) is 2. The number of hydrogen-bond acceptors (Lipinski definition) is 16. The molecule has 4 aromatic heterocycles. The van der Waals surface area contributed by atoms with E-state index in [4.69, 9.17) is 28.3 Å². The van der Waals surface area contributed by atoms with Crippen LogP contribution in [-0.4, -0.2) is 181 Å². The Hall–Kier alpha value is -8.51. The predicted molar refractivity (Wildman–Crippen MR) is 325 cm³/mol. The van der Waals surface area contributed by atoms with Crippen molar-refractivity contribution in [2.45, 2.75) is 103 Å². The molecule has 0 spiro atoms. The molecular formula is C65H75FN12O10. The van der Waals surface area contributed by atoms with Crippen LogP contribution in [0.1, 0.15) is 86.0 Å². The third-order valence-corrected chi connectivity index (χ3v) is 17.4. The van der Waals surface area contributed by atoms with Gasteiger partial charge in [-0.25, -0.2) is 23.8 Å². The topological polar surface area (TPSA) is 252 Å². The molecule has 5 atom stereocenters. The number of aromatic amines is 1. The molecule has 1 saturated carbocycles. The molecule has 22 nitrogen and oxygen atoms in total. The van der Waals surface area contributed by atoms with Crippen molar-refractivity contribution in [2.75, 3.05) is 73.7 Å². The summed E-state index contributed by atoms with van der Waals surface area (Å²) in [4.78, 5) is 58.8. The maximum absolute atomic E-state index is 16.2. The monoisotopic (exact) mass is 1200 g/mol. The lowest BCUT2D eigenvalue weighted by atomic mass is 9.88. The van der Waals surface area contributed by atoms with Crippen LogP contribution in [0, 0.1) is 31.5 Å². The van der Waals surface area contributed by atoms with Crippen LogP contribution in [0.3, 0.4) is 0 Å². The highest BCUT2D eigenvalue weighted by atomic mass is 19.1. The minimum absolute atomic E-state index is 0.0114. The fourth-order valence-corrected chi connectivity index (χ4v) is 12.3. The zero-order chi connectivity index (χ0) is 61.7. The van der Waals surface area contributed by atoms with Gasteiger partial charge in [0.1, 0.15) is 54.2 Å². The minimum Gasteiger partial charge on any atom is -0.486 e. The number of aliphatic hydroxyl groups excluding tert-OH is 2. The molecule has 0 radical (unpaired) electrons. The Bertz CT molecular complexity index is 3850. The van der Waals surface area contributed by atoms with Crippen molar-refractivity contribution in [3.63, 3.8) is 0 Å². The summed E-state index contributed by atoms with van der Waals surface area (Å²) in [6, 6.07) is 17.5. The number of halogens is 1. The number of ether oxygens (including phenoxy) is 4. The van der Waals surface area contributed by atoms with Crippen LogP contribution in [-0.2, 0) is 20.9 Å². The molecular weight excluding hydrogens is 1130 g/mol. The largest absolute Gasteiger partial charge is 0.486 e. The molecule has 3 saturated heterocycles. The normalized spacial score (nSPS) is 18.3. The fourth-order valence-electron chi connectivity index (χ4n) is 12.3. The zero-order valence-electron chi connectivity index (χ0n) is 50.8. The van der Waals surface area contributed by atoms with Gasteiger partial charge < -0.3 is 58.5 Å². The Morgan fingerprint density at radius 3 is 2.34 bits per heavy atom. The second-order valence-corrected chi connectivity index (χ2v) is 24.6. The van der Waals surface area contributed by atoms with Crippen molar-refractivity contribution >= 4 is 39.7 Å². The summed E-state index contributed by atoms with van der Waals surface area (Å²) in [5.41, 5.74) is 7.89. The molecule has 4 fully saturated rings. The number of nitrogens with zero attached hydrogens (tertiary/aromatic N) is 10. The Kier molecular flexibility index (Phi) is 16.9. The third-order valence-electron chi connectivity index (χ3n) is 17.4. The number of carbonyl (C=O) groups is 3. The zero-order valence-corrected chi connectivity index (χ0v) is 50.8. The first-order chi connectivity index (χ1) is 42.4. The number of pyridine rings is 1. The number of urea groups is 1. The number of aryl methyl sites for hydroxylation is 1. The number of hydrogen-bond donors (Lipinski definition) is 4. The van der Waals surface area contributed by atoms with E-state index >= 15 is 4.39 Å². The number of fused-ring (bicyclic) bond motifs is 2. The van der Waals surface area contributed by atoms with E-state index in [0.717, 1.165) is 60.2 Å². The van der Waals surface area contributed by atoms with E-state index in [9.17, 15) is 24.6 Å². The average molecular weight is 1200 g/mol. The maximum atomic E-state index is 16.2. The molecule has 23 heteroatoms. The molecule has 8 aromatic rings. The molecule has 462 valence electrons. The van der Waals surface area contributed by atoms with Crippen LogP contribution >= 0.6 is 0 Å². The lowest BCUT2D eigenvalue weighted by Gasteiger charge is -2.47. The van der Waals surface area contributed by atoms with Gasteiger partial charge >= 0.3 is 6.03 Å². The van der Waals surface area contributed by atoms with Crippen LogP contribution in [0.25, 0.3) is 55.5 Å². The molecule has 4 aliphatic rings. The van der Waals surface area contributed by atoms with Gasteiger partial charge in [0, 0.05) is 84.7 Å². The highest BCUT2D eigenvalue weighted by Gasteiger charge is 2.44. The van der Waals surface area contributed by atoms with Gasteiger partial charge in [-0.15, -0.1) is 5.10 Å². The molecule has 88 heavy (non-hydrogen) atoms. The lowest BCUT2D eigenvalue weighted by Crippen LogP contribution is -2.64. The standard InChI is InChI=1S/C65H75FN12O10/c1-35(2)60(64(82)77-27-45(80)19-54(77)63(81)69-53(31-79)43-15-17-44(18-16-43)61-38(5)67-34-87-61)78-30-52(72-73-78)42-11-9-39(10-12-42)33-86-62-58(57-37(4)50(66)21-51-49(57)23-68-71-51)47(41-13-14-41)20-48-55(22-56(70-59(48)62)85-32-36(3)84-8)88-46-28-76(29-46)65(83)75-25-40(26-75)24-74(6)7/h9-12,15-18,20-23,30,34-36,40-41,45-46,53-54,60,79-80H,13-14,19,24-29,31-33H2,1-8H3,(H,68,71)(H,69,81)/t36-,45+,53-,54-,60-/m0/s1. The van der Waals surface area contributed by atoms with Gasteiger partial charge in [0.15, 0.2) is 17.9 Å². The van der Waals surface area contributed by atoms with Crippen LogP contribution in [0.4, 0.5) is 9.18 Å². The molecule has 0 unspecified atom stereocenters. The minimum atomic E-state index is -1.01. The van der Waals surface area contributed by atoms with Crippen molar-refractivity contribution in [3.8, 4) is 51.1 Å². The van der Waals surface area contributed by atoms with Crippen molar-refractivity contribution in [3.05, 3.63) is 119 Å². The number of benzene rings is 4. The number of amides is 4. The number of oxazole rings is 1. The Balaban J connectivity index is 0.808. The van der Waals surface area contributed by atoms with Gasteiger partial charge in [-0.3, -0.25) is 14.7 Å². The summed E-state index contributed by atoms with van der Waals surface area (Å²) in [5.74, 6) is 0.810. The number of rotatable bonds is 22. The molecule has 12 rings (SSSR count). The van der Waals surface area contributed by atoms with Gasteiger partial charge in [0.05, 0.1) is 61.6 Å². The van der Waals surface area contributed by atoms with Gasteiger partial charge in [-0.2, -0.15) is 5.10 Å².